The summed E-state index contributed by atoms with van der Waals surface area (Å²) in [5.74, 6) is 0.573. The minimum atomic E-state index is -0.0848. The monoisotopic (exact) mass is 345 g/mol. The Balaban J connectivity index is 1.36. The standard InChI is InChI=1S/C15H15N5O3S/c21-14(12-8-11(17-18-12)13-2-1-7-22-13)20-5-3-10(4-6-20)23-15-19-16-9-24-15/h1-2,7-10H,3-6H2,(H,17,18). The molecular formula is C15H15N5O3S. The van der Waals surface area contributed by atoms with Gasteiger partial charge in [-0.3, -0.25) is 9.89 Å². The summed E-state index contributed by atoms with van der Waals surface area (Å²) in [7, 11) is 0. The predicted molar refractivity (Wildman–Crippen MR) is 85.8 cm³/mol. The summed E-state index contributed by atoms with van der Waals surface area (Å²) in [6.45, 7) is 1.26. The number of furan rings is 1. The lowest BCUT2D eigenvalue weighted by atomic mass is 10.1. The van der Waals surface area contributed by atoms with Crippen molar-refractivity contribution in [3.8, 4) is 16.6 Å². The van der Waals surface area contributed by atoms with Gasteiger partial charge in [0, 0.05) is 32.0 Å². The zero-order valence-corrected chi connectivity index (χ0v) is 13.5. The van der Waals surface area contributed by atoms with Crippen molar-refractivity contribution in [3.63, 3.8) is 0 Å². The second-order valence-corrected chi connectivity index (χ2v) is 6.25. The number of nitrogens with one attached hydrogen (secondary N) is 1. The van der Waals surface area contributed by atoms with E-state index in [4.69, 9.17) is 9.15 Å². The number of rotatable bonds is 4. The summed E-state index contributed by atoms with van der Waals surface area (Å²) in [4.78, 5) is 14.4. The number of hydrogen-bond acceptors (Lipinski definition) is 7. The van der Waals surface area contributed by atoms with Crippen molar-refractivity contribution >= 4 is 17.2 Å². The highest BCUT2D eigenvalue weighted by Crippen LogP contribution is 2.22. The Hall–Kier alpha value is -2.68. The third kappa shape index (κ3) is 3.02. The molecule has 0 radical (unpaired) electrons. The van der Waals surface area contributed by atoms with Crippen LogP contribution in [0.2, 0.25) is 0 Å². The Bertz CT molecular complexity index is 791. The Labute approximate surface area is 141 Å². The van der Waals surface area contributed by atoms with E-state index < -0.39 is 0 Å². The maximum atomic E-state index is 12.6. The summed E-state index contributed by atoms with van der Waals surface area (Å²) in [5, 5.41) is 15.2. The number of carbonyl (C=O) groups excluding carboxylic acids is 1. The first kappa shape index (κ1) is 14.9. The molecule has 0 unspecified atom stereocenters. The van der Waals surface area contributed by atoms with E-state index in [2.05, 4.69) is 20.4 Å². The van der Waals surface area contributed by atoms with Gasteiger partial charge in [0.15, 0.2) is 11.5 Å². The number of hydrogen-bond donors (Lipinski definition) is 1. The molecule has 1 N–H and O–H groups in total. The molecular weight excluding hydrogens is 330 g/mol. The molecule has 24 heavy (non-hydrogen) atoms. The predicted octanol–water partition coefficient (Wildman–Crippen LogP) is 2.20. The van der Waals surface area contributed by atoms with Gasteiger partial charge in [0.25, 0.3) is 11.1 Å². The first-order valence-electron chi connectivity index (χ1n) is 7.61. The fourth-order valence-corrected chi connectivity index (χ4v) is 3.16. The van der Waals surface area contributed by atoms with E-state index in [1.54, 1.807) is 28.8 Å². The topological polar surface area (TPSA) is 97.1 Å². The summed E-state index contributed by atoms with van der Waals surface area (Å²) in [6.07, 6.45) is 3.18. The van der Waals surface area contributed by atoms with Gasteiger partial charge in [-0.2, -0.15) is 5.10 Å². The van der Waals surface area contributed by atoms with Crippen LogP contribution >= 0.6 is 11.3 Å². The van der Waals surface area contributed by atoms with Crippen molar-refractivity contribution in [2.75, 3.05) is 13.1 Å². The van der Waals surface area contributed by atoms with E-state index in [1.165, 1.54) is 11.3 Å². The molecule has 0 saturated carbocycles. The molecule has 3 aromatic rings. The van der Waals surface area contributed by atoms with Crippen LogP contribution in [-0.2, 0) is 0 Å². The number of likely N-dealkylation sites (tertiary alicyclic amines) is 1. The molecule has 0 aliphatic carbocycles. The molecule has 0 bridgehead atoms. The van der Waals surface area contributed by atoms with Crippen molar-refractivity contribution in [3.05, 3.63) is 35.7 Å². The van der Waals surface area contributed by atoms with Gasteiger partial charge < -0.3 is 14.1 Å². The molecule has 9 heteroatoms. The number of H-pyrrole nitrogens is 1. The van der Waals surface area contributed by atoms with Crippen LogP contribution in [-0.4, -0.2) is 50.4 Å². The minimum Gasteiger partial charge on any atom is -0.465 e. The van der Waals surface area contributed by atoms with Crippen LogP contribution < -0.4 is 4.74 Å². The zero-order chi connectivity index (χ0) is 16.4. The van der Waals surface area contributed by atoms with Crippen molar-refractivity contribution < 1.29 is 13.9 Å². The number of carbonyl (C=O) groups is 1. The van der Waals surface area contributed by atoms with E-state index in [-0.39, 0.29) is 12.0 Å². The summed E-state index contributed by atoms with van der Waals surface area (Å²) < 4.78 is 11.1. The lowest BCUT2D eigenvalue weighted by Crippen LogP contribution is -2.41. The highest BCUT2D eigenvalue weighted by atomic mass is 32.1. The van der Waals surface area contributed by atoms with Crippen molar-refractivity contribution in [2.24, 2.45) is 0 Å². The van der Waals surface area contributed by atoms with E-state index in [9.17, 15) is 4.79 Å². The van der Waals surface area contributed by atoms with E-state index >= 15 is 0 Å². The first-order valence-corrected chi connectivity index (χ1v) is 8.49. The number of amides is 1. The smallest absolute Gasteiger partial charge is 0.294 e. The number of nitrogens with zero attached hydrogens (tertiary/aromatic N) is 4. The third-order valence-corrected chi connectivity index (χ3v) is 4.50. The highest BCUT2D eigenvalue weighted by molar-refractivity contribution is 7.11. The number of ether oxygens (including phenoxy) is 1. The van der Waals surface area contributed by atoms with Crippen LogP contribution in [0, 0.1) is 0 Å². The average Bonchev–Trinajstić information content (AvgIpc) is 3.36. The molecule has 3 aromatic heterocycles. The molecule has 1 saturated heterocycles. The van der Waals surface area contributed by atoms with Crippen LogP contribution in [0.4, 0.5) is 0 Å². The SMILES string of the molecule is O=C(c1cc(-c2ccco2)[nH]n1)N1CCC(Oc2nncs2)CC1. The van der Waals surface area contributed by atoms with Crippen molar-refractivity contribution in [2.45, 2.75) is 18.9 Å². The van der Waals surface area contributed by atoms with Gasteiger partial charge in [-0.15, -0.1) is 10.2 Å². The molecule has 4 rings (SSSR count). The summed E-state index contributed by atoms with van der Waals surface area (Å²) >= 11 is 1.37. The average molecular weight is 345 g/mol. The first-order chi connectivity index (χ1) is 11.8. The van der Waals surface area contributed by atoms with Crippen LogP contribution in [0.15, 0.2) is 34.4 Å². The van der Waals surface area contributed by atoms with Crippen LogP contribution in [0.3, 0.4) is 0 Å². The number of aromatic amines is 1. The van der Waals surface area contributed by atoms with Gasteiger partial charge in [0.05, 0.1) is 6.26 Å². The van der Waals surface area contributed by atoms with Crippen molar-refractivity contribution in [1.29, 1.82) is 0 Å². The normalized spacial score (nSPS) is 15.6. The third-order valence-electron chi connectivity index (χ3n) is 3.92. The maximum Gasteiger partial charge on any atom is 0.294 e. The fraction of sp³-hybridized carbons (Fsp3) is 0.333. The molecule has 8 nitrogen and oxygen atoms in total. The zero-order valence-electron chi connectivity index (χ0n) is 12.7. The largest absolute Gasteiger partial charge is 0.465 e. The molecule has 4 heterocycles. The fourth-order valence-electron chi connectivity index (χ4n) is 2.68. The second kappa shape index (κ2) is 6.44. The quantitative estimate of drug-likeness (QED) is 0.778. The Morgan fingerprint density at radius 3 is 3.00 bits per heavy atom. The number of aromatic nitrogens is 4. The summed E-state index contributed by atoms with van der Waals surface area (Å²) in [6, 6.07) is 5.32. The highest BCUT2D eigenvalue weighted by Gasteiger charge is 2.26. The van der Waals surface area contributed by atoms with Gasteiger partial charge in [0.1, 0.15) is 17.3 Å². The van der Waals surface area contributed by atoms with Gasteiger partial charge in [-0.1, -0.05) is 11.3 Å². The van der Waals surface area contributed by atoms with Gasteiger partial charge >= 0.3 is 0 Å². The van der Waals surface area contributed by atoms with Gasteiger partial charge in [-0.05, 0) is 12.1 Å². The molecule has 1 amide bonds. The van der Waals surface area contributed by atoms with E-state index in [1.807, 2.05) is 6.07 Å². The molecule has 1 aliphatic heterocycles. The Kier molecular flexibility index (Phi) is 3.99. The molecule has 1 aliphatic rings. The van der Waals surface area contributed by atoms with Crippen molar-refractivity contribution in [1.82, 2.24) is 25.3 Å². The van der Waals surface area contributed by atoms with Gasteiger partial charge in [0.2, 0.25) is 0 Å². The lowest BCUT2D eigenvalue weighted by molar-refractivity contribution is 0.0588. The molecule has 124 valence electrons. The molecule has 0 atom stereocenters. The van der Waals surface area contributed by atoms with Gasteiger partial charge in [-0.25, -0.2) is 0 Å². The Morgan fingerprint density at radius 1 is 1.42 bits per heavy atom. The van der Waals surface area contributed by atoms with E-state index in [0.29, 0.717) is 35.4 Å². The van der Waals surface area contributed by atoms with Crippen LogP contribution in [0.1, 0.15) is 23.3 Å². The van der Waals surface area contributed by atoms with Crippen LogP contribution in [0.25, 0.3) is 11.5 Å². The minimum absolute atomic E-state index is 0.0693. The maximum absolute atomic E-state index is 12.6. The van der Waals surface area contributed by atoms with Crippen LogP contribution in [0.5, 0.6) is 5.19 Å². The Morgan fingerprint density at radius 2 is 2.29 bits per heavy atom. The second-order valence-electron chi connectivity index (χ2n) is 5.46. The summed E-state index contributed by atoms with van der Waals surface area (Å²) in [5.41, 5.74) is 2.73. The molecule has 0 aromatic carbocycles. The number of piperidine rings is 1. The molecule has 1 fully saturated rings. The molecule has 0 spiro atoms. The lowest BCUT2D eigenvalue weighted by Gasteiger charge is -2.31. The van der Waals surface area contributed by atoms with E-state index in [0.717, 1.165) is 12.8 Å².